The Morgan fingerprint density at radius 2 is 1.72 bits per heavy atom. The van der Waals surface area contributed by atoms with E-state index >= 15 is 0 Å². The number of benzene rings is 2. The van der Waals surface area contributed by atoms with Crippen molar-refractivity contribution in [2.45, 2.75) is 26.1 Å². The maximum Gasteiger partial charge on any atom is 0.416 e. The van der Waals surface area contributed by atoms with Crippen molar-refractivity contribution in [3.8, 4) is 0 Å². The van der Waals surface area contributed by atoms with Gasteiger partial charge in [0.25, 0.3) is 0 Å². The molecule has 6 heteroatoms. The van der Waals surface area contributed by atoms with Gasteiger partial charge < -0.3 is 4.90 Å². The van der Waals surface area contributed by atoms with Crippen molar-refractivity contribution in [3.05, 3.63) is 88.4 Å². The fraction of sp³-hybridized carbons (Fsp3) is 0.217. The van der Waals surface area contributed by atoms with Crippen LogP contribution in [0.3, 0.4) is 0 Å². The molecule has 3 nitrogen and oxygen atoms in total. The van der Waals surface area contributed by atoms with Crippen molar-refractivity contribution in [1.82, 2.24) is 9.97 Å². The summed E-state index contributed by atoms with van der Waals surface area (Å²) >= 11 is 0. The highest BCUT2D eigenvalue weighted by molar-refractivity contribution is 5.69. The van der Waals surface area contributed by atoms with Gasteiger partial charge in [-0.25, -0.2) is 9.97 Å². The van der Waals surface area contributed by atoms with Crippen molar-refractivity contribution in [2.24, 2.45) is 0 Å². The SMILES string of the molecule is Cc1nc(C=Cc2cccc(C(F)(F)F)c2)cc(N2CCc3ccccc3C2)n1. The molecule has 0 spiro atoms. The molecule has 0 amide bonds. The first kappa shape index (κ1) is 19.2. The maximum atomic E-state index is 12.9. The predicted molar refractivity (Wildman–Crippen MR) is 108 cm³/mol. The lowest BCUT2D eigenvalue weighted by molar-refractivity contribution is -0.137. The zero-order chi connectivity index (χ0) is 20.4. The van der Waals surface area contributed by atoms with Crippen molar-refractivity contribution < 1.29 is 13.2 Å². The average Bonchev–Trinajstić information content (AvgIpc) is 2.71. The normalized spacial score (nSPS) is 14.3. The summed E-state index contributed by atoms with van der Waals surface area (Å²) in [5.41, 5.74) is 3.13. The van der Waals surface area contributed by atoms with Crippen molar-refractivity contribution >= 4 is 18.0 Å². The van der Waals surface area contributed by atoms with Gasteiger partial charge in [-0.05, 0) is 48.2 Å². The summed E-state index contributed by atoms with van der Waals surface area (Å²) in [7, 11) is 0. The topological polar surface area (TPSA) is 29.0 Å². The van der Waals surface area contributed by atoms with Gasteiger partial charge in [0.05, 0.1) is 11.3 Å². The average molecular weight is 395 g/mol. The fourth-order valence-corrected chi connectivity index (χ4v) is 3.51. The van der Waals surface area contributed by atoms with Gasteiger partial charge in [-0.3, -0.25) is 0 Å². The molecular weight excluding hydrogens is 375 g/mol. The molecule has 0 bridgehead atoms. The van der Waals surface area contributed by atoms with Gasteiger partial charge in [-0.1, -0.05) is 42.5 Å². The monoisotopic (exact) mass is 395 g/mol. The number of halogens is 3. The van der Waals surface area contributed by atoms with Crippen molar-refractivity contribution in [2.75, 3.05) is 11.4 Å². The molecule has 0 aliphatic carbocycles. The molecule has 0 radical (unpaired) electrons. The quantitative estimate of drug-likeness (QED) is 0.583. The van der Waals surface area contributed by atoms with Crippen molar-refractivity contribution in [3.63, 3.8) is 0 Å². The van der Waals surface area contributed by atoms with Crippen LogP contribution in [0.1, 0.15) is 33.8 Å². The zero-order valence-electron chi connectivity index (χ0n) is 15.9. The maximum absolute atomic E-state index is 12.9. The summed E-state index contributed by atoms with van der Waals surface area (Å²) in [4.78, 5) is 11.2. The molecule has 0 atom stereocenters. The summed E-state index contributed by atoms with van der Waals surface area (Å²) in [5.74, 6) is 1.46. The van der Waals surface area contributed by atoms with Gasteiger partial charge in [0.2, 0.25) is 0 Å². The Labute approximate surface area is 167 Å². The molecule has 0 N–H and O–H groups in total. The Morgan fingerprint density at radius 3 is 2.52 bits per heavy atom. The third kappa shape index (κ3) is 4.47. The summed E-state index contributed by atoms with van der Waals surface area (Å²) in [6.45, 7) is 3.47. The number of anilines is 1. The van der Waals surface area contributed by atoms with Crippen LogP contribution in [-0.4, -0.2) is 16.5 Å². The highest BCUT2D eigenvalue weighted by atomic mass is 19.4. The van der Waals surface area contributed by atoms with E-state index in [1.807, 2.05) is 19.1 Å². The van der Waals surface area contributed by atoms with Crippen LogP contribution < -0.4 is 4.90 Å². The van der Waals surface area contributed by atoms with Gasteiger partial charge in [-0.2, -0.15) is 13.2 Å². The van der Waals surface area contributed by atoms with E-state index in [0.29, 0.717) is 17.1 Å². The van der Waals surface area contributed by atoms with Gasteiger partial charge >= 0.3 is 6.18 Å². The number of aryl methyl sites for hydroxylation is 1. The Balaban J connectivity index is 1.57. The standard InChI is InChI=1S/C23H20F3N3/c1-16-27-21(10-9-17-5-4-8-20(13-17)23(24,25)26)14-22(28-16)29-12-11-18-6-2-3-7-19(18)15-29/h2-10,13-14H,11-12,15H2,1H3. The number of fused-ring (bicyclic) bond motifs is 1. The molecule has 2 aromatic carbocycles. The van der Waals surface area contributed by atoms with E-state index in [1.54, 1.807) is 18.2 Å². The van der Waals surface area contributed by atoms with Gasteiger partial charge in [0.1, 0.15) is 11.6 Å². The third-order valence-electron chi connectivity index (χ3n) is 4.96. The largest absolute Gasteiger partial charge is 0.416 e. The highest BCUT2D eigenvalue weighted by Gasteiger charge is 2.30. The zero-order valence-corrected chi connectivity index (χ0v) is 15.9. The molecule has 1 aromatic heterocycles. The summed E-state index contributed by atoms with van der Waals surface area (Å²) in [6, 6.07) is 15.5. The third-order valence-corrected chi connectivity index (χ3v) is 4.96. The molecule has 1 aliphatic heterocycles. The van der Waals surface area contributed by atoms with Gasteiger partial charge in [-0.15, -0.1) is 0 Å². The van der Waals surface area contributed by atoms with Crippen LogP contribution in [0.15, 0.2) is 54.6 Å². The molecule has 29 heavy (non-hydrogen) atoms. The highest BCUT2D eigenvalue weighted by Crippen LogP contribution is 2.30. The fourth-order valence-electron chi connectivity index (χ4n) is 3.51. The molecule has 4 rings (SSSR count). The molecule has 0 fully saturated rings. The lowest BCUT2D eigenvalue weighted by Crippen LogP contribution is -2.31. The Kier molecular flexibility index (Phi) is 5.09. The minimum atomic E-state index is -4.35. The number of aromatic nitrogens is 2. The summed E-state index contributed by atoms with van der Waals surface area (Å²) < 4.78 is 38.7. The van der Waals surface area contributed by atoms with Crippen LogP contribution in [0.4, 0.5) is 19.0 Å². The second kappa shape index (κ2) is 7.70. The lowest BCUT2D eigenvalue weighted by atomic mass is 10.00. The molecule has 1 aliphatic rings. The molecule has 0 saturated heterocycles. The van der Waals surface area contributed by atoms with Gasteiger partial charge in [0.15, 0.2) is 0 Å². The molecule has 0 unspecified atom stereocenters. The Morgan fingerprint density at radius 1 is 0.931 bits per heavy atom. The van der Waals surface area contributed by atoms with Gasteiger partial charge in [0, 0.05) is 19.2 Å². The predicted octanol–water partition coefficient (Wildman–Crippen LogP) is 5.54. The van der Waals surface area contributed by atoms with E-state index in [2.05, 4.69) is 33.1 Å². The van der Waals surface area contributed by atoms with Crippen LogP contribution >= 0.6 is 0 Å². The molecular formula is C23H20F3N3. The molecule has 2 heterocycles. The van der Waals surface area contributed by atoms with Crippen LogP contribution in [0.25, 0.3) is 12.2 Å². The minimum Gasteiger partial charge on any atom is -0.352 e. The minimum absolute atomic E-state index is 0.476. The van der Waals surface area contributed by atoms with Crippen LogP contribution in [0, 0.1) is 6.92 Å². The number of alkyl halides is 3. The van der Waals surface area contributed by atoms with E-state index < -0.39 is 11.7 Å². The van der Waals surface area contributed by atoms with E-state index in [4.69, 9.17) is 0 Å². The number of nitrogens with zero attached hydrogens (tertiary/aromatic N) is 3. The Bertz CT molecular complexity index is 1060. The van der Waals surface area contributed by atoms with Crippen LogP contribution in [0.2, 0.25) is 0 Å². The van der Waals surface area contributed by atoms with E-state index in [1.165, 1.54) is 17.2 Å². The van der Waals surface area contributed by atoms with Crippen molar-refractivity contribution in [1.29, 1.82) is 0 Å². The lowest BCUT2D eigenvalue weighted by Gasteiger charge is -2.30. The van der Waals surface area contributed by atoms with E-state index in [-0.39, 0.29) is 0 Å². The number of hydrogen-bond donors (Lipinski definition) is 0. The van der Waals surface area contributed by atoms with Crippen LogP contribution in [-0.2, 0) is 19.1 Å². The first-order valence-corrected chi connectivity index (χ1v) is 9.41. The first-order valence-electron chi connectivity index (χ1n) is 9.41. The Hall–Kier alpha value is -3.15. The second-order valence-electron chi connectivity index (χ2n) is 7.10. The molecule has 3 aromatic rings. The van der Waals surface area contributed by atoms with Crippen LogP contribution in [0.5, 0.6) is 0 Å². The number of rotatable bonds is 3. The van der Waals surface area contributed by atoms with E-state index in [0.717, 1.165) is 37.5 Å². The molecule has 0 saturated carbocycles. The smallest absolute Gasteiger partial charge is 0.352 e. The summed E-state index contributed by atoms with van der Waals surface area (Å²) in [6.07, 6.45) is -0.0282. The number of hydrogen-bond acceptors (Lipinski definition) is 3. The van der Waals surface area contributed by atoms with E-state index in [9.17, 15) is 13.2 Å². The summed E-state index contributed by atoms with van der Waals surface area (Å²) in [5, 5.41) is 0. The second-order valence-corrected chi connectivity index (χ2v) is 7.10. The first-order chi connectivity index (χ1) is 13.9. The molecule has 148 valence electrons.